The van der Waals surface area contributed by atoms with Gasteiger partial charge in [0, 0.05) is 10.6 Å². The smallest absolute Gasteiger partial charge is 0.206 e. The molecule has 2 nitrogen and oxygen atoms in total. The molecular formula is C11H7Cl2NOS. The lowest BCUT2D eigenvalue weighted by Crippen LogP contribution is -2.01. The van der Waals surface area contributed by atoms with E-state index in [1.165, 1.54) is 11.3 Å². The maximum Gasteiger partial charge on any atom is 0.206 e. The van der Waals surface area contributed by atoms with Crippen LogP contribution in [0.5, 0.6) is 0 Å². The summed E-state index contributed by atoms with van der Waals surface area (Å²) in [5.41, 5.74) is 2.77. The van der Waals surface area contributed by atoms with E-state index in [0.29, 0.717) is 26.2 Å². The molecule has 2 rings (SSSR count). The minimum absolute atomic E-state index is 0.132. The van der Waals surface area contributed by atoms with Crippen LogP contribution in [-0.2, 0) is 0 Å². The van der Waals surface area contributed by atoms with Crippen molar-refractivity contribution in [3.8, 4) is 0 Å². The largest absolute Gasteiger partial charge is 0.288 e. The van der Waals surface area contributed by atoms with Gasteiger partial charge < -0.3 is 0 Å². The summed E-state index contributed by atoms with van der Waals surface area (Å²) in [5.74, 6) is -0.132. The van der Waals surface area contributed by atoms with E-state index >= 15 is 0 Å². The molecule has 2 aromatic rings. The van der Waals surface area contributed by atoms with Crippen LogP contribution in [0.25, 0.3) is 0 Å². The molecule has 16 heavy (non-hydrogen) atoms. The zero-order chi connectivity index (χ0) is 11.7. The number of hydrogen-bond donors (Lipinski definition) is 0. The Labute approximate surface area is 107 Å². The van der Waals surface area contributed by atoms with E-state index in [1.807, 2.05) is 0 Å². The van der Waals surface area contributed by atoms with Crippen molar-refractivity contribution in [2.75, 3.05) is 0 Å². The van der Waals surface area contributed by atoms with Crippen molar-refractivity contribution in [3.05, 3.63) is 49.9 Å². The molecule has 0 aliphatic carbocycles. The monoisotopic (exact) mass is 271 g/mol. The Morgan fingerprint density at radius 3 is 2.75 bits per heavy atom. The molecule has 0 saturated carbocycles. The molecule has 0 amide bonds. The van der Waals surface area contributed by atoms with Gasteiger partial charge in [0.2, 0.25) is 5.78 Å². The van der Waals surface area contributed by atoms with E-state index in [9.17, 15) is 4.79 Å². The lowest BCUT2D eigenvalue weighted by molar-refractivity contribution is 0.104. The number of hydrogen-bond acceptors (Lipinski definition) is 3. The summed E-state index contributed by atoms with van der Waals surface area (Å²) in [5, 5.41) is 0.900. The van der Waals surface area contributed by atoms with Crippen molar-refractivity contribution < 1.29 is 4.79 Å². The van der Waals surface area contributed by atoms with Crippen LogP contribution < -0.4 is 0 Å². The highest BCUT2D eigenvalue weighted by Crippen LogP contribution is 2.25. The number of aromatic nitrogens is 1. The van der Waals surface area contributed by atoms with Gasteiger partial charge >= 0.3 is 0 Å². The van der Waals surface area contributed by atoms with Gasteiger partial charge in [-0.05, 0) is 25.1 Å². The third-order valence-corrected chi connectivity index (χ3v) is 3.62. The first-order valence-corrected chi connectivity index (χ1v) is 6.13. The minimum atomic E-state index is -0.132. The predicted molar refractivity (Wildman–Crippen MR) is 66.7 cm³/mol. The van der Waals surface area contributed by atoms with Gasteiger partial charge in [0.15, 0.2) is 0 Å². The maximum absolute atomic E-state index is 12.1. The maximum atomic E-state index is 12.1. The number of carbonyl (C=O) groups excluding carboxylic acids is 1. The van der Waals surface area contributed by atoms with Gasteiger partial charge in [0.25, 0.3) is 0 Å². The molecule has 0 fully saturated rings. The zero-order valence-corrected chi connectivity index (χ0v) is 10.7. The van der Waals surface area contributed by atoms with Gasteiger partial charge in [0.05, 0.1) is 21.1 Å². The Morgan fingerprint density at radius 2 is 2.12 bits per heavy atom. The van der Waals surface area contributed by atoms with E-state index in [1.54, 1.807) is 30.6 Å². The third-order valence-electron chi connectivity index (χ3n) is 2.12. The average molecular weight is 272 g/mol. The lowest BCUT2D eigenvalue weighted by Gasteiger charge is -2.02. The van der Waals surface area contributed by atoms with Crippen LogP contribution in [-0.4, -0.2) is 10.8 Å². The van der Waals surface area contributed by atoms with Crippen LogP contribution in [0.2, 0.25) is 10.0 Å². The van der Waals surface area contributed by atoms with Gasteiger partial charge in [-0.2, -0.15) is 0 Å². The Kier molecular flexibility index (Phi) is 3.28. The first-order chi connectivity index (χ1) is 7.59. The number of carbonyl (C=O) groups is 1. The summed E-state index contributed by atoms with van der Waals surface area (Å²) in [7, 11) is 0. The Balaban J connectivity index is 2.49. The predicted octanol–water partition coefficient (Wildman–Crippen LogP) is 3.99. The van der Waals surface area contributed by atoms with E-state index in [2.05, 4.69) is 4.98 Å². The molecule has 0 unspecified atom stereocenters. The molecular weight excluding hydrogens is 265 g/mol. The Bertz CT molecular complexity index is 551. The van der Waals surface area contributed by atoms with Crippen LogP contribution in [0.4, 0.5) is 0 Å². The first kappa shape index (κ1) is 11.6. The molecule has 0 aliphatic rings. The molecule has 0 aliphatic heterocycles. The fourth-order valence-corrected chi connectivity index (χ4v) is 2.45. The van der Waals surface area contributed by atoms with Crippen molar-refractivity contribution in [2.45, 2.75) is 6.92 Å². The number of thiazole rings is 1. The second-order valence-electron chi connectivity index (χ2n) is 3.22. The number of halogens is 2. The van der Waals surface area contributed by atoms with E-state index in [0.717, 1.165) is 0 Å². The number of nitrogens with zero attached hydrogens (tertiary/aromatic N) is 1. The van der Waals surface area contributed by atoms with Crippen molar-refractivity contribution in [1.82, 2.24) is 4.98 Å². The van der Waals surface area contributed by atoms with Crippen LogP contribution >= 0.6 is 34.5 Å². The quantitative estimate of drug-likeness (QED) is 0.774. The van der Waals surface area contributed by atoms with Crippen molar-refractivity contribution >= 4 is 40.3 Å². The number of ketones is 1. The van der Waals surface area contributed by atoms with Crippen LogP contribution in [0.1, 0.15) is 20.9 Å². The summed E-state index contributed by atoms with van der Waals surface area (Å²) in [4.78, 5) is 16.8. The first-order valence-electron chi connectivity index (χ1n) is 4.49. The highest BCUT2D eigenvalue weighted by molar-refractivity contribution is 7.12. The molecule has 82 valence electrons. The molecule has 0 saturated heterocycles. The van der Waals surface area contributed by atoms with Crippen molar-refractivity contribution in [1.29, 1.82) is 0 Å². The van der Waals surface area contributed by atoms with Gasteiger partial charge in [0.1, 0.15) is 0 Å². The summed E-state index contributed by atoms with van der Waals surface area (Å²) in [6, 6.07) is 4.85. The normalized spacial score (nSPS) is 10.4. The highest BCUT2D eigenvalue weighted by atomic mass is 35.5. The Morgan fingerprint density at radius 1 is 1.38 bits per heavy atom. The van der Waals surface area contributed by atoms with Crippen LogP contribution in [0.15, 0.2) is 23.7 Å². The van der Waals surface area contributed by atoms with Gasteiger partial charge in [-0.25, -0.2) is 4.98 Å². The second kappa shape index (κ2) is 4.53. The minimum Gasteiger partial charge on any atom is -0.288 e. The summed E-state index contributed by atoms with van der Waals surface area (Å²) >= 11 is 13.1. The highest BCUT2D eigenvalue weighted by Gasteiger charge is 2.17. The average Bonchev–Trinajstić information content (AvgIpc) is 2.67. The van der Waals surface area contributed by atoms with Crippen LogP contribution in [0, 0.1) is 6.92 Å². The number of aryl methyl sites for hydroxylation is 1. The molecule has 5 heteroatoms. The molecule has 0 spiro atoms. The van der Waals surface area contributed by atoms with Crippen LogP contribution in [0.3, 0.4) is 0 Å². The fraction of sp³-hybridized carbons (Fsp3) is 0.0909. The zero-order valence-electron chi connectivity index (χ0n) is 8.33. The number of benzene rings is 1. The molecule has 0 radical (unpaired) electrons. The van der Waals surface area contributed by atoms with Crippen molar-refractivity contribution in [2.24, 2.45) is 0 Å². The molecule has 1 aromatic heterocycles. The van der Waals surface area contributed by atoms with Gasteiger partial charge in [-0.15, -0.1) is 11.3 Å². The molecule has 1 heterocycles. The van der Waals surface area contributed by atoms with Gasteiger partial charge in [-0.3, -0.25) is 4.79 Å². The molecule has 1 aromatic carbocycles. The molecule has 0 bridgehead atoms. The molecule has 0 atom stereocenters. The SMILES string of the molecule is Cc1ncsc1C(=O)c1cc(Cl)ccc1Cl. The summed E-state index contributed by atoms with van der Waals surface area (Å²) in [6.45, 7) is 1.79. The van der Waals surface area contributed by atoms with E-state index in [4.69, 9.17) is 23.2 Å². The molecule has 0 N–H and O–H groups in total. The third kappa shape index (κ3) is 2.12. The summed E-state index contributed by atoms with van der Waals surface area (Å²) in [6.07, 6.45) is 0. The van der Waals surface area contributed by atoms with Crippen molar-refractivity contribution in [3.63, 3.8) is 0 Å². The van der Waals surface area contributed by atoms with Gasteiger partial charge in [-0.1, -0.05) is 23.2 Å². The fourth-order valence-electron chi connectivity index (χ4n) is 1.31. The number of rotatable bonds is 2. The Hall–Kier alpha value is -0.900. The topological polar surface area (TPSA) is 30.0 Å². The summed E-state index contributed by atoms with van der Waals surface area (Å²) < 4.78 is 0. The van der Waals surface area contributed by atoms with E-state index in [-0.39, 0.29) is 5.78 Å². The standard InChI is InChI=1S/C11H7Cl2NOS/c1-6-11(16-5-14-6)10(15)8-4-7(12)2-3-9(8)13/h2-5H,1H3. The second-order valence-corrected chi connectivity index (χ2v) is 4.92. The lowest BCUT2D eigenvalue weighted by atomic mass is 10.1. The van der Waals surface area contributed by atoms with E-state index < -0.39 is 0 Å².